The molecule has 0 radical (unpaired) electrons. The van der Waals surface area contributed by atoms with Crippen LogP contribution in [-0.2, 0) is 19.1 Å². The molecule has 1 rings (SSSR count). The third-order valence-corrected chi connectivity index (χ3v) is 1.18. The fourth-order valence-corrected chi connectivity index (χ4v) is 0.574. The number of esters is 2. The molecule has 0 saturated carbocycles. The van der Waals surface area contributed by atoms with E-state index in [1.54, 1.807) is 0 Å². The maximum atomic E-state index is 10.5. The largest absolute Gasteiger partial charge is 0.426 e. The molecule has 0 bridgehead atoms. The second kappa shape index (κ2) is 2.85. The summed E-state index contributed by atoms with van der Waals surface area (Å²) < 4.78 is 8.33. The van der Waals surface area contributed by atoms with Crippen molar-refractivity contribution in [2.45, 2.75) is 12.2 Å². The zero-order chi connectivity index (χ0) is 8.43. The van der Waals surface area contributed by atoms with Gasteiger partial charge in [0.15, 0.2) is 12.2 Å². The van der Waals surface area contributed by atoms with E-state index >= 15 is 0 Å². The minimum absolute atomic E-state index is 0.564. The molecule has 0 amide bonds. The second-order valence-electron chi connectivity index (χ2n) is 1.93. The van der Waals surface area contributed by atoms with Crippen LogP contribution in [0.3, 0.4) is 0 Å². The standard InChI is InChI=1S/C5H6O6/c6-2-3(7)5(9)11-1-10-4(2)8/h2-3,6-7H,1H2. The molecule has 1 saturated heterocycles. The summed E-state index contributed by atoms with van der Waals surface area (Å²) in [6.07, 6.45) is -3.69. The average molecular weight is 162 g/mol. The van der Waals surface area contributed by atoms with Crippen molar-refractivity contribution in [1.29, 1.82) is 0 Å². The van der Waals surface area contributed by atoms with Crippen molar-refractivity contribution in [2.75, 3.05) is 6.79 Å². The molecule has 0 spiro atoms. The van der Waals surface area contributed by atoms with Gasteiger partial charge in [0.2, 0.25) is 6.79 Å². The molecule has 1 aliphatic rings. The lowest BCUT2D eigenvalue weighted by atomic mass is 10.2. The fourth-order valence-electron chi connectivity index (χ4n) is 0.574. The SMILES string of the molecule is O=C1OCOC(=O)C(O)C1O. The van der Waals surface area contributed by atoms with Gasteiger partial charge in [0, 0.05) is 0 Å². The first-order chi connectivity index (χ1) is 5.13. The van der Waals surface area contributed by atoms with Crippen molar-refractivity contribution < 1.29 is 29.3 Å². The van der Waals surface area contributed by atoms with E-state index < -0.39 is 30.9 Å². The summed E-state index contributed by atoms with van der Waals surface area (Å²) in [7, 11) is 0. The minimum Gasteiger partial charge on any atom is -0.426 e. The van der Waals surface area contributed by atoms with Crippen molar-refractivity contribution in [3.05, 3.63) is 0 Å². The van der Waals surface area contributed by atoms with Gasteiger partial charge >= 0.3 is 11.9 Å². The monoisotopic (exact) mass is 162 g/mol. The molecule has 1 aliphatic heterocycles. The first kappa shape index (κ1) is 7.96. The Labute approximate surface area is 61.3 Å². The van der Waals surface area contributed by atoms with Crippen LogP contribution in [0, 0.1) is 0 Å². The van der Waals surface area contributed by atoms with E-state index in [2.05, 4.69) is 9.47 Å². The quantitative estimate of drug-likeness (QED) is 0.391. The molecular weight excluding hydrogens is 156 g/mol. The number of aliphatic hydroxyl groups excluding tert-OH is 2. The first-order valence-electron chi connectivity index (χ1n) is 2.82. The lowest BCUT2D eigenvalue weighted by Crippen LogP contribution is -2.38. The average Bonchev–Trinajstić information content (AvgIpc) is 2.07. The molecule has 2 unspecified atom stereocenters. The highest BCUT2D eigenvalue weighted by Crippen LogP contribution is 2.04. The molecule has 62 valence electrons. The number of cyclic esters (lactones) is 2. The van der Waals surface area contributed by atoms with Gasteiger partial charge in [0.05, 0.1) is 0 Å². The third kappa shape index (κ3) is 1.47. The molecule has 2 atom stereocenters. The zero-order valence-corrected chi connectivity index (χ0v) is 5.39. The number of hydrogen-bond donors (Lipinski definition) is 2. The normalized spacial score (nSPS) is 32.2. The van der Waals surface area contributed by atoms with Gasteiger partial charge in [-0.25, -0.2) is 9.59 Å². The van der Waals surface area contributed by atoms with E-state index in [0.717, 1.165) is 0 Å². The Morgan fingerprint density at radius 2 is 1.45 bits per heavy atom. The van der Waals surface area contributed by atoms with Crippen LogP contribution in [0.4, 0.5) is 0 Å². The molecule has 6 heteroatoms. The fraction of sp³-hybridized carbons (Fsp3) is 0.600. The number of ether oxygens (including phenoxy) is 2. The molecule has 11 heavy (non-hydrogen) atoms. The molecular formula is C5H6O6. The molecule has 0 aliphatic carbocycles. The first-order valence-corrected chi connectivity index (χ1v) is 2.82. The maximum Gasteiger partial charge on any atom is 0.341 e. The van der Waals surface area contributed by atoms with Gasteiger partial charge in [0.1, 0.15) is 0 Å². The van der Waals surface area contributed by atoms with E-state index in [1.807, 2.05) is 0 Å². The van der Waals surface area contributed by atoms with E-state index in [0.29, 0.717) is 0 Å². The Kier molecular flexibility index (Phi) is 2.06. The lowest BCUT2D eigenvalue weighted by molar-refractivity contribution is -0.163. The topological polar surface area (TPSA) is 93.1 Å². The molecule has 0 aromatic carbocycles. The zero-order valence-electron chi connectivity index (χ0n) is 5.39. The van der Waals surface area contributed by atoms with Crippen molar-refractivity contribution in [1.82, 2.24) is 0 Å². The van der Waals surface area contributed by atoms with Crippen LogP contribution in [-0.4, -0.2) is 41.2 Å². The second-order valence-corrected chi connectivity index (χ2v) is 1.93. The predicted octanol–water partition coefficient (Wildman–Crippen LogP) is -2.23. The number of hydrogen-bond acceptors (Lipinski definition) is 6. The number of carbonyl (C=O) groups is 2. The van der Waals surface area contributed by atoms with Crippen molar-refractivity contribution >= 4 is 11.9 Å². The predicted molar refractivity (Wildman–Crippen MR) is 29.1 cm³/mol. The summed E-state index contributed by atoms with van der Waals surface area (Å²) in [4.78, 5) is 21.0. The van der Waals surface area contributed by atoms with Gasteiger partial charge in [0.25, 0.3) is 0 Å². The summed E-state index contributed by atoms with van der Waals surface area (Å²) in [6.45, 7) is -0.564. The van der Waals surface area contributed by atoms with Crippen LogP contribution in [0.25, 0.3) is 0 Å². The molecule has 0 aromatic rings. The highest BCUT2D eigenvalue weighted by atomic mass is 16.7. The van der Waals surface area contributed by atoms with Gasteiger partial charge in [-0.3, -0.25) is 0 Å². The molecule has 6 nitrogen and oxygen atoms in total. The number of aliphatic hydroxyl groups is 2. The van der Waals surface area contributed by atoms with E-state index in [-0.39, 0.29) is 0 Å². The Hall–Kier alpha value is -1.14. The maximum absolute atomic E-state index is 10.5. The van der Waals surface area contributed by atoms with Crippen molar-refractivity contribution in [3.63, 3.8) is 0 Å². The summed E-state index contributed by atoms with van der Waals surface area (Å²) in [5.41, 5.74) is 0. The molecule has 0 aromatic heterocycles. The molecule has 1 heterocycles. The minimum atomic E-state index is -1.84. The highest BCUT2D eigenvalue weighted by molar-refractivity contribution is 5.86. The number of carbonyl (C=O) groups excluding carboxylic acids is 2. The summed E-state index contributed by atoms with van der Waals surface area (Å²) >= 11 is 0. The third-order valence-electron chi connectivity index (χ3n) is 1.18. The van der Waals surface area contributed by atoms with Crippen LogP contribution in [0.2, 0.25) is 0 Å². The van der Waals surface area contributed by atoms with Crippen LogP contribution in [0.1, 0.15) is 0 Å². The van der Waals surface area contributed by atoms with Gasteiger partial charge in [-0.1, -0.05) is 0 Å². The van der Waals surface area contributed by atoms with Crippen molar-refractivity contribution in [2.24, 2.45) is 0 Å². The smallest absolute Gasteiger partial charge is 0.341 e. The van der Waals surface area contributed by atoms with Crippen LogP contribution in [0.15, 0.2) is 0 Å². The van der Waals surface area contributed by atoms with Crippen LogP contribution < -0.4 is 0 Å². The molecule has 1 fully saturated rings. The summed E-state index contributed by atoms with van der Waals surface area (Å²) in [5, 5.41) is 17.5. The van der Waals surface area contributed by atoms with Crippen LogP contribution >= 0.6 is 0 Å². The Morgan fingerprint density at radius 1 is 1.09 bits per heavy atom. The Bertz CT molecular complexity index is 167. The van der Waals surface area contributed by atoms with Gasteiger partial charge < -0.3 is 19.7 Å². The lowest BCUT2D eigenvalue weighted by Gasteiger charge is -2.06. The van der Waals surface area contributed by atoms with E-state index in [9.17, 15) is 9.59 Å². The van der Waals surface area contributed by atoms with Crippen molar-refractivity contribution in [3.8, 4) is 0 Å². The van der Waals surface area contributed by atoms with E-state index in [1.165, 1.54) is 0 Å². The van der Waals surface area contributed by atoms with Gasteiger partial charge in [-0.05, 0) is 0 Å². The Morgan fingerprint density at radius 3 is 1.82 bits per heavy atom. The Balaban J connectivity index is 2.73. The van der Waals surface area contributed by atoms with Gasteiger partial charge in [-0.2, -0.15) is 0 Å². The highest BCUT2D eigenvalue weighted by Gasteiger charge is 2.35. The number of rotatable bonds is 0. The summed E-state index contributed by atoms with van der Waals surface area (Å²) in [6, 6.07) is 0. The summed E-state index contributed by atoms with van der Waals surface area (Å²) in [5.74, 6) is -2.13. The molecule has 2 N–H and O–H groups in total. The van der Waals surface area contributed by atoms with Gasteiger partial charge in [-0.15, -0.1) is 0 Å². The van der Waals surface area contributed by atoms with Crippen LogP contribution in [0.5, 0.6) is 0 Å². The van der Waals surface area contributed by atoms with E-state index in [4.69, 9.17) is 10.2 Å².